The highest BCUT2D eigenvalue weighted by Gasteiger charge is 2.23. The van der Waals surface area contributed by atoms with Gasteiger partial charge >= 0.3 is 5.97 Å². The topological polar surface area (TPSA) is 85.2 Å². The van der Waals surface area contributed by atoms with Crippen LogP contribution in [0.3, 0.4) is 0 Å². The Morgan fingerprint density at radius 3 is 2.25 bits per heavy atom. The van der Waals surface area contributed by atoms with Crippen molar-refractivity contribution in [3.05, 3.63) is 0 Å². The normalized spacial score (nSPS) is 15.6. The second kappa shape index (κ2) is 6.80. The predicted molar refractivity (Wildman–Crippen MR) is 54.9 cm³/mol. The summed E-state index contributed by atoms with van der Waals surface area (Å²) in [5.74, 6) is -0.720. The lowest BCUT2D eigenvalue weighted by atomic mass is 10.0. The SMILES string of the molecule is CC(O)CC(=O)OOOC(C)(C)CC(C)O. The summed E-state index contributed by atoms with van der Waals surface area (Å²) in [7, 11) is 0. The van der Waals surface area contributed by atoms with Gasteiger partial charge in [-0.05, 0) is 32.7 Å². The predicted octanol–water partition coefficient (Wildman–Crippen LogP) is 0.713. The third kappa shape index (κ3) is 8.60. The molecule has 2 unspecified atom stereocenters. The highest BCUT2D eigenvalue weighted by Crippen LogP contribution is 2.17. The van der Waals surface area contributed by atoms with Gasteiger partial charge in [-0.2, -0.15) is 4.89 Å². The maximum Gasteiger partial charge on any atom is 0.348 e. The third-order valence-electron chi connectivity index (χ3n) is 1.64. The van der Waals surface area contributed by atoms with Crippen LogP contribution in [0.4, 0.5) is 0 Å². The highest BCUT2D eigenvalue weighted by atomic mass is 17.5. The molecule has 2 atom stereocenters. The summed E-state index contributed by atoms with van der Waals surface area (Å²) in [5.41, 5.74) is -0.765. The molecule has 0 fully saturated rings. The lowest BCUT2D eigenvalue weighted by Crippen LogP contribution is -2.29. The maximum absolute atomic E-state index is 10.9. The highest BCUT2D eigenvalue weighted by molar-refractivity contribution is 5.69. The molecule has 0 saturated heterocycles. The van der Waals surface area contributed by atoms with E-state index in [0.717, 1.165) is 0 Å². The van der Waals surface area contributed by atoms with Gasteiger partial charge in [0.2, 0.25) is 0 Å². The number of aliphatic hydroxyl groups is 2. The molecule has 0 rings (SSSR count). The van der Waals surface area contributed by atoms with Gasteiger partial charge in [-0.1, -0.05) is 0 Å². The number of hydrogen-bond donors (Lipinski definition) is 2. The average Bonchev–Trinajstić information content (AvgIpc) is 1.98. The van der Waals surface area contributed by atoms with E-state index in [4.69, 9.17) is 15.1 Å². The van der Waals surface area contributed by atoms with Crippen molar-refractivity contribution < 1.29 is 29.8 Å². The van der Waals surface area contributed by atoms with Gasteiger partial charge in [0.1, 0.15) is 5.60 Å². The Hall–Kier alpha value is -0.690. The molecule has 0 aliphatic carbocycles. The quantitative estimate of drug-likeness (QED) is 0.500. The molecule has 6 heteroatoms. The molecule has 2 N–H and O–H groups in total. The van der Waals surface area contributed by atoms with Gasteiger partial charge in [0.15, 0.2) is 0 Å². The van der Waals surface area contributed by atoms with Crippen LogP contribution in [0.5, 0.6) is 0 Å². The van der Waals surface area contributed by atoms with Gasteiger partial charge < -0.3 is 10.2 Å². The molecule has 0 aromatic heterocycles. The molecule has 0 amide bonds. The van der Waals surface area contributed by atoms with Crippen LogP contribution < -0.4 is 0 Å². The number of hydrogen-bond acceptors (Lipinski definition) is 6. The molecule has 0 bridgehead atoms. The van der Waals surface area contributed by atoms with Crippen molar-refractivity contribution in [1.29, 1.82) is 0 Å². The fourth-order valence-electron chi connectivity index (χ4n) is 1.17. The van der Waals surface area contributed by atoms with Crippen LogP contribution in [-0.2, 0) is 19.6 Å². The molecule has 96 valence electrons. The summed E-state index contributed by atoms with van der Waals surface area (Å²) in [6.07, 6.45) is -1.17. The van der Waals surface area contributed by atoms with Crippen LogP contribution in [0.1, 0.15) is 40.5 Å². The summed E-state index contributed by atoms with van der Waals surface area (Å²) in [6.45, 7) is 6.44. The van der Waals surface area contributed by atoms with E-state index in [0.29, 0.717) is 6.42 Å². The van der Waals surface area contributed by atoms with Crippen molar-refractivity contribution in [3.8, 4) is 0 Å². The standard InChI is InChI=1S/C10H20O6/c1-7(11)5-9(13)14-16-15-10(3,4)6-8(2)12/h7-8,11-12H,5-6H2,1-4H3. The second-order valence-electron chi connectivity index (χ2n) is 4.47. The molecule has 0 heterocycles. The first-order chi connectivity index (χ1) is 7.23. The first-order valence-corrected chi connectivity index (χ1v) is 5.14. The molecular formula is C10H20O6. The van der Waals surface area contributed by atoms with Crippen molar-refractivity contribution in [3.63, 3.8) is 0 Å². The largest absolute Gasteiger partial charge is 0.393 e. The zero-order valence-electron chi connectivity index (χ0n) is 10.1. The molecule has 0 aromatic carbocycles. The van der Waals surface area contributed by atoms with E-state index < -0.39 is 23.8 Å². The Labute approximate surface area is 95.0 Å². The van der Waals surface area contributed by atoms with E-state index >= 15 is 0 Å². The van der Waals surface area contributed by atoms with E-state index in [1.807, 2.05) is 0 Å². The molecule has 0 saturated carbocycles. The van der Waals surface area contributed by atoms with Crippen molar-refractivity contribution in [2.45, 2.75) is 58.3 Å². The monoisotopic (exact) mass is 236 g/mol. The Kier molecular flexibility index (Phi) is 6.51. The molecular weight excluding hydrogens is 216 g/mol. The van der Waals surface area contributed by atoms with E-state index in [1.54, 1.807) is 20.8 Å². The lowest BCUT2D eigenvalue weighted by Gasteiger charge is -2.23. The van der Waals surface area contributed by atoms with Crippen molar-refractivity contribution in [1.82, 2.24) is 0 Å². The van der Waals surface area contributed by atoms with E-state index in [2.05, 4.69) is 9.93 Å². The van der Waals surface area contributed by atoms with Crippen LogP contribution >= 0.6 is 0 Å². The zero-order valence-corrected chi connectivity index (χ0v) is 10.1. The Morgan fingerprint density at radius 1 is 1.25 bits per heavy atom. The van der Waals surface area contributed by atoms with Crippen molar-refractivity contribution in [2.75, 3.05) is 0 Å². The summed E-state index contributed by atoms with van der Waals surface area (Å²) in [4.78, 5) is 20.0. The van der Waals surface area contributed by atoms with Crippen LogP contribution in [0.15, 0.2) is 0 Å². The van der Waals surface area contributed by atoms with Gasteiger partial charge in [-0.3, -0.25) is 4.89 Å². The average molecular weight is 236 g/mol. The molecule has 6 nitrogen and oxygen atoms in total. The first kappa shape index (κ1) is 15.3. The maximum atomic E-state index is 10.9. The number of rotatable bonds is 7. The molecule has 0 aliphatic rings. The van der Waals surface area contributed by atoms with Gasteiger partial charge in [-0.25, -0.2) is 4.79 Å². The van der Waals surface area contributed by atoms with Gasteiger partial charge in [0.25, 0.3) is 0 Å². The van der Waals surface area contributed by atoms with E-state index in [1.165, 1.54) is 6.92 Å². The third-order valence-corrected chi connectivity index (χ3v) is 1.64. The Morgan fingerprint density at radius 2 is 1.81 bits per heavy atom. The van der Waals surface area contributed by atoms with Crippen LogP contribution in [0.25, 0.3) is 0 Å². The fraction of sp³-hybridized carbons (Fsp3) is 0.900. The molecule has 0 aliphatic heterocycles. The Balaban J connectivity index is 3.76. The van der Waals surface area contributed by atoms with Gasteiger partial charge in [0, 0.05) is 6.42 Å². The van der Waals surface area contributed by atoms with E-state index in [-0.39, 0.29) is 6.42 Å². The minimum atomic E-state index is -0.790. The van der Waals surface area contributed by atoms with Gasteiger partial charge in [-0.15, -0.1) is 0 Å². The minimum absolute atomic E-state index is 0.166. The second-order valence-corrected chi connectivity index (χ2v) is 4.47. The smallest absolute Gasteiger partial charge is 0.348 e. The van der Waals surface area contributed by atoms with Crippen LogP contribution in [-0.4, -0.2) is 34.0 Å². The van der Waals surface area contributed by atoms with Crippen molar-refractivity contribution >= 4 is 5.97 Å². The zero-order chi connectivity index (χ0) is 12.8. The Bertz CT molecular complexity index is 211. The summed E-state index contributed by atoms with van der Waals surface area (Å²) < 4.78 is 0. The summed E-state index contributed by atoms with van der Waals surface area (Å²) >= 11 is 0. The van der Waals surface area contributed by atoms with Gasteiger partial charge in [0.05, 0.1) is 18.6 Å². The first-order valence-electron chi connectivity index (χ1n) is 5.14. The molecule has 0 spiro atoms. The molecule has 0 radical (unpaired) electrons. The fourth-order valence-corrected chi connectivity index (χ4v) is 1.17. The van der Waals surface area contributed by atoms with Crippen LogP contribution in [0.2, 0.25) is 0 Å². The number of carbonyl (C=O) groups is 1. The summed E-state index contributed by atoms with van der Waals surface area (Å²) in [5, 5.41) is 22.3. The van der Waals surface area contributed by atoms with E-state index in [9.17, 15) is 4.79 Å². The van der Waals surface area contributed by atoms with Crippen molar-refractivity contribution in [2.24, 2.45) is 0 Å². The summed E-state index contributed by atoms with van der Waals surface area (Å²) in [6, 6.07) is 0. The lowest BCUT2D eigenvalue weighted by molar-refractivity contribution is -0.518. The molecule has 0 aromatic rings. The minimum Gasteiger partial charge on any atom is -0.393 e. The molecule has 16 heavy (non-hydrogen) atoms. The number of aliphatic hydroxyl groups excluding tert-OH is 2. The van der Waals surface area contributed by atoms with Crippen LogP contribution in [0, 0.1) is 0 Å². The number of carbonyl (C=O) groups excluding carboxylic acids is 1.